The molecule has 0 unspecified atom stereocenters. The fraction of sp³-hybridized carbons (Fsp3) is 0.944. The van der Waals surface area contributed by atoms with E-state index in [-0.39, 0.29) is 4.70 Å². The minimum Gasteiger partial charge on any atom is -0.481 e. The van der Waals surface area contributed by atoms with Crippen molar-refractivity contribution in [2.45, 2.75) is 86.0 Å². The van der Waals surface area contributed by atoms with E-state index in [0.717, 1.165) is 6.92 Å². The number of rotatable bonds is 12. The Balaban J connectivity index is -0.000000640. The Morgan fingerprint density at radius 3 is 1.05 bits per heavy atom. The molecule has 0 fully saturated rings. The Bertz CT molecular complexity index is 194. The van der Waals surface area contributed by atoms with Gasteiger partial charge in [0, 0.05) is 6.92 Å². The molecule has 22 heavy (non-hydrogen) atoms. The Labute approximate surface area is 138 Å². The van der Waals surface area contributed by atoms with Crippen LogP contribution in [-0.4, -0.2) is 41.7 Å². The molecule has 0 aromatic heterocycles. The number of unbranched alkanes of at least 4 members (excludes halogenated alkanes) is 4. The molecule has 4 heteroatoms. The SMILES string of the molecule is CC(=O)O.CCCC[N+](CCCC)(CCCC)CCCC.F. The first-order valence-electron chi connectivity index (χ1n) is 9.02. The Hall–Kier alpha value is -0.640. The van der Waals surface area contributed by atoms with Gasteiger partial charge in [0.2, 0.25) is 0 Å². The van der Waals surface area contributed by atoms with Crippen molar-refractivity contribution in [2.75, 3.05) is 26.2 Å². The molecule has 1 N–H and O–H groups in total. The molecule has 0 aromatic carbocycles. The van der Waals surface area contributed by atoms with Gasteiger partial charge in [0.1, 0.15) is 0 Å². The number of carboxylic acids is 1. The van der Waals surface area contributed by atoms with Crippen molar-refractivity contribution in [3.63, 3.8) is 0 Å². The van der Waals surface area contributed by atoms with Crippen LogP contribution in [0.4, 0.5) is 4.70 Å². The van der Waals surface area contributed by atoms with Crippen molar-refractivity contribution in [1.29, 1.82) is 0 Å². The van der Waals surface area contributed by atoms with Crippen LogP contribution in [0.15, 0.2) is 0 Å². The molecule has 0 atom stereocenters. The average Bonchev–Trinajstić information content (AvgIpc) is 2.45. The van der Waals surface area contributed by atoms with E-state index in [9.17, 15) is 0 Å². The minimum atomic E-state index is -0.833. The number of aliphatic carboxylic acids is 1. The summed E-state index contributed by atoms with van der Waals surface area (Å²) < 4.78 is 1.42. The zero-order chi connectivity index (χ0) is 16.6. The molecule has 136 valence electrons. The number of hydrogen-bond donors (Lipinski definition) is 1. The lowest BCUT2D eigenvalue weighted by atomic mass is 10.1. The van der Waals surface area contributed by atoms with Crippen molar-refractivity contribution in [1.82, 2.24) is 0 Å². The van der Waals surface area contributed by atoms with Crippen molar-refractivity contribution in [2.24, 2.45) is 0 Å². The summed E-state index contributed by atoms with van der Waals surface area (Å²) in [5.41, 5.74) is 0. The summed E-state index contributed by atoms with van der Waals surface area (Å²) in [6, 6.07) is 0. The van der Waals surface area contributed by atoms with Gasteiger partial charge in [0.25, 0.3) is 5.97 Å². The van der Waals surface area contributed by atoms with Crippen LogP contribution in [0.25, 0.3) is 0 Å². The molecule has 0 saturated heterocycles. The molecule has 0 saturated carbocycles. The quantitative estimate of drug-likeness (QED) is 0.498. The van der Waals surface area contributed by atoms with Crippen molar-refractivity contribution in [3.8, 4) is 0 Å². The average molecular weight is 323 g/mol. The fourth-order valence-electron chi connectivity index (χ4n) is 2.64. The van der Waals surface area contributed by atoms with Crippen molar-refractivity contribution < 1.29 is 19.1 Å². The number of nitrogens with zero attached hydrogens (tertiary/aromatic N) is 1. The van der Waals surface area contributed by atoms with Crippen LogP contribution < -0.4 is 0 Å². The van der Waals surface area contributed by atoms with Crippen LogP contribution in [0.1, 0.15) is 86.0 Å². The molecule has 0 rings (SSSR count). The van der Waals surface area contributed by atoms with E-state index >= 15 is 0 Å². The van der Waals surface area contributed by atoms with Gasteiger partial charge in [-0.15, -0.1) is 0 Å². The second-order valence-corrected chi connectivity index (χ2v) is 6.17. The number of carboxylic acid groups (broad SMARTS) is 1. The monoisotopic (exact) mass is 322 g/mol. The molecule has 0 aliphatic heterocycles. The van der Waals surface area contributed by atoms with Gasteiger partial charge in [0.05, 0.1) is 26.2 Å². The Morgan fingerprint density at radius 1 is 0.727 bits per heavy atom. The van der Waals surface area contributed by atoms with Crippen molar-refractivity contribution >= 4 is 5.97 Å². The van der Waals surface area contributed by atoms with Crippen LogP contribution in [0.3, 0.4) is 0 Å². The molecule has 3 nitrogen and oxygen atoms in total. The number of quaternary nitrogens is 1. The standard InChI is InChI=1S/C16H36N.C2H4O2.FH/c1-5-9-13-17(14-10-6-2,15-11-7-3)16-12-8-4;1-2(3)4;/h5-16H2,1-4H3;1H3,(H,3,4);1H/q+1;;. The Morgan fingerprint density at radius 2 is 0.909 bits per heavy atom. The van der Waals surface area contributed by atoms with E-state index in [0.29, 0.717) is 0 Å². The number of hydrogen-bond acceptors (Lipinski definition) is 1. The molecule has 0 radical (unpaired) electrons. The first-order chi connectivity index (χ1) is 9.97. The maximum absolute atomic E-state index is 9.00. The molecule has 0 aliphatic carbocycles. The van der Waals surface area contributed by atoms with Gasteiger partial charge >= 0.3 is 0 Å². The largest absolute Gasteiger partial charge is 0.481 e. The zero-order valence-electron chi connectivity index (χ0n) is 15.7. The molecule has 0 aliphatic rings. The van der Waals surface area contributed by atoms with Crippen LogP contribution in [0.5, 0.6) is 0 Å². The van der Waals surface area contributed by atoms with E-state index in [1.54, 1.807) is 0 Å². The van der Waals surface area contributed by atoms with Gasteiger partial charge in [-0.05, 0) is 25.7 Å². The summed E-state index contributed by atoms with van der Waals surface area (Å²) in [6.45, 7) is 16.1. The molecule has 0 amide bonds. The summed E-state index contributed by atoms with van der Waals surface area (Å²) in [5.74, 6) is -0.833. The molecular weight excluding hydrogens is 281 g/mol. The molecule has 0 aromatic rings. The zero-order valence-corrected chi connectivity index (χ0v) is 15.7. The highest BCUT2D eigenvalue weighted by atomic mass is 19.0. The maximum Gasteiger partial charge on any atom is 0.300 e. The van der Waals surface area contributed by atoms with Gasteiger partial charge in [-0.25, -0.2) is 0 Å². The summed E-state index contributed by atoms with van der Waals surface area (Å²) in [7, 11) is 0. The topological polar surface area (TPSA) is 37.3 Å². The third-order valence-corrected chi connectivity index (χ3v) is 3.94. The van der Waals surface area contributed by atoms with E-state index in [1.807, 2.05) is 0 Å². The highest BCUT2D eigenvalue weighted by molar-refractivity contribution is 5.62. The van der Waals surface area contributed by atoms with Gasteiger partial charge in [-0.3, -0.25) is 9.50 Å². The van der Waals surface area contributed by atoms with Crippen molar-refractivity contribution in [3.05, 3.63) is 0 Å². The van der Waals surface area contributed by atoms with Crippen LogP contribution >= 0.6 is 0 Å². The molecule has 0 spiro atoms. The third-order valence-electron chi connectivity index (χ3n) is 3.94. The molecule has 0 heterocycles. The first-order valence-corrected chi connectivity index (χ1v) is 9.02. The van der Waals surface area contributed by atoms with Gasteiger partial charge in [0.15, 0.2) is 0 Å². The fourth-order valence-corrected chi connectivity index (χ4v) is 2.64. The summed E-state index contributed by atoms with van der Waals surface area (Å²) >= 11 is 0. The lowest BCUT2D eigenvalue weighted by Gasteiger charge is -2.39. The highest BCUT2D eigenvalue weighted by Gasteiger charge is 2.24. The Kier molecular flexibility index (Phi) is 22.0. The summed E-state index contributed by atoms with van der Waals surface area (Å²) in [6.07, 6.45) is 11.1. The second-order valence-electron chi connectivity index (χ2n) is 6.17. The van der Waals surface area contributed by atoms with E-state index in [4.69, 9.17) is 9.90 Å². The number of halogens is 1. The van der Waals surface area contributed by atoms with E-state index < -0.39 is 5.97 Å². The van der Waals surface area contributed by atoms with Crippen LogP contribution in [-0.2, 0) is 4.79 Å². The highest BCUT2D eigenvalue weighted by Crippen LogP contribution is 2.16. The lowest BCUT2D eigenvalue weighted by molar-refractivity contribution is -0.929. The normalized spacial score (nSPS) is 10.4. The third kappa shape index (κ3) is 17.4. The lowest BCUT2D eigenvalue weighted by Crippen LogP contribution is -2.50. The van der Waals surface area contributed by atoms with E-state index in [1.165, 1.54) is 82.0 Å². The second kappa shape index (κ2) is 18.4. The van der Waals surface area contributed by atoms with Crippen LogP contribution in [0.2, 0.25) is 0 Å². The van der Waals surface area contributed by atoms with Crippen LogP contribution in [0, 0.1) is 0 Å². The smallest absolute Gasteiger partial charge is 0.300 e. The van der Waals surface area contributed by atoms with Gasteiger partial charge in [-0.1, -0.05) is 53.4 Å². The first kappa shape index (κ1) is 26.3. The predicted molar refractivity (Wildman–Crippen MR) is 95.2 cm³/mol. The summed E-state index contributed by atoms with van der Waals surface area (Å²) in [5, 5.41) is 7.42. The maximum atomic E-state index is 9.00. The minimum absolute atomic E-state index is 0. The molecular formula is C18H41FNO2+. The molecule has 0 bridgehead atoms. The predicted octanol–water partition coefficient (Wildman–Crippen LogP) is 5.25. The number of carbonyl (C=O) groups is 1. The van der Waals surface area contributed by atoms with Gasteiger partial charge < -0.3 is 9.59 Å². The summed E-state index contributed by atoms with van der Waals surface area (Å²) in [4.78, 5) is 9.00. The van der Waals surface area contributed by atoms with Gasteiger partial charge in [-0.2, -0.15) is 0 Å². The van der Waals surface area contributed by atoms with E-state index in [2.05, 4.69) is 27.7 Å².